The van der Waals surface area contributed by atoms with Crippen molar-refractivity contribution in [2.24, 2.45) is 5.41 Å². The number of carbonyl (C=O) groups excluding carboxylic acids is 1. The van der Waals surface area contributed by atoms with Crippen LogP contribution in [0.5, 0.6) is 0 Å². The number of aliphatic hydroxyl groups is 1. The van der Waals surface area contributed by atoms with Crippen molar-refractivity contribution in [2.45, 2.75) is 96.7 Å². The van der Waals surface area contributed by atoms with Crippen molar-refractivity contribution in [1.29, 1.82) is 0 Å². The molecule has 6 heteroatoms. The third-order valence-corrected chi connectivity index (χ3v) is 12.3. The Kier molecular flexibility index (Phi) is 8.12. The summed E-state index contributed by atoms with van der Waals surface area (Å²) >= 11 is 0. The first kappa shape index (κ1) is 27.8. The largest absolute Gasteiger partial charge is 0.465 e. The van der Waals surface area contributed by atoms with Gasteiger partial charge in [-0.15, -0.1) is 0 Å². The van der Waals surface area contributed by atoms with E-state index < -0.39 is 19.9 Å². The molecule has 2 rings (SSSR count). The number of ether oxygens (including phenoxy) is 2. The van der Waals surface area contributed by atoms with Gasteiger partial charge < -0.3 is 19.0 Å². The topological polar surface area (TPSA) is 68.3 Å². The highest BCUT2D eigenvalue weighted by molar-refractivity contribution is 6.74. The number of hydrogen-bond donors (Lipinski definition) is 1. The Labute approximate surface area is 201 Å². The zero-order chi connectivity index (χ0) is 25.3. The normalized spacial score (nSPS) is 30.6. The molecule has 0 aromatic rings. The Morgan fingerprint density at radius 2 is 1.82 bits per heavy atom. The predicted octanol–water partition coefficient (Wildman–Crippen LogP) is 5.87. The molecule has 2 fully saturated rings. The summed E-state index contributed by atoms with van der Waals surface area (Å²) in [6, 6.07) is 0. The SMILES string of the molecule is COC(=O)C(=C\C=C\C(C)=C\CO)/C=C/[C@@]12O[C@]1(C)C[C@@H](O[Si](C)(C)C(C)(C)C)CC2(C)C. The maximum Gasteiger partial charge on any atom is 0.337 e. The van der Waals surface area contributed by atoms with Crippen molar-refractivity contribution < 1.29 is 23.8 Å². The smallest absolute Gasteiger partial charge is 0.337 e. The van der Waals surface area contributed by atoms with Gasteiger partial charge in [0, 0.05) is 17.9 Å². The summed E-state index contributed by atoms with van der Waals surface area (Å²) in [6.45, 7) is 19.9. The van der Waals surface area contributed by atoms with E-state index in [1.54, 1.807) is 18.2 Å². The van der Waals surface area contributed by atoms with Crippen LogP contribution in [0.15, 0.2) is 47.6 Å². The zero-order valence-corrected chi connectivity index (χ0v) is 23.2. The van der Waals surface area contributed by atoms with Gasteiger partial charge >= 0.3 is 5.97 Å². The molecule has 0 aromatic carbocycles. The van der Waals surface area contributed by atoms with E-state index in [1.807, 2.05) is 25.2 Å². The number of hydrogen-bond acceptors (Lipinski definition) is 5. The summed E-state index contributed by atoms with van der Waals surface area (Å²) in [6.07, 6.45) is 12.8. The van der Waals surface area contributed by atoms with Crippen molar-refractivity contribution in [3.8, 4) is 0 Å². The van der Waals surface area contributed by atoms with Crippen LogP contribution in [0.3, 0.4) is 0 Å². The van der Waals surface area contributed by atoms with Gasteiger partial charge in [-0.2, -0.15) is 0 Å². The Balaban J connectivity index is 2.27. The van der Waals surface area contributed by atoms with Crippen LogP contribution in [0.1, 0.15) is 61.3 Å². The average molecular weight is 477 g/mol. The molecule has 0 unspecified atom stereocenters. The third kappa shape index (κ3) is 5.79. The van der Waals surface area contributed by atoms with Crippen molar-refractivity contribution in [3.05, 3.63) is 47.6 Å². The van der Waals surface area contributed by atoms with Crippen LogP contribution in [0, 0.1) is 5.41 Å². The molecule has 1 heterocycles. The summed E-state index contributed by atoms with van der Waals surface area (Å²) in [7, 11) is -0.499. The molecule has 33 heavy (non-hydrogen) atoms. The molecule has 186 valence electrons. The van der Waals surface area contributed by atoms with Crippen LogP contribution in [0.25, 0.3) is 0 Å². The van der Waals surface area contributed by atoms with Gasteiger partial charge in [0.15, 0.2) is 8.32 Å². The van der Waals surface area contributed by atoms with Gasteiger partial charge in [0.2, 0.25) is 0 Å². The van der Waals surface area contributed by atoms with Gasteiger partial charge in [-0.05, 0) is 56.6 Å². The van der Waals surface area contributed by atoms with Crippen LogP contribution in [0.4, 0.5) is 0 Å². The lowest BCUT2D eigenvalue weighted by Crippen LogP contribution is -2.51. The fraction of sp³-hybridized carbons (Fsp3) is 0.667. The summed E-state index contributed by atoms with van der Waals surface area (Å²) in [5.74, 6) is -0.397. The number of aliphatic hydroxyl groups excluding tert-OH is 1. The van der Waals surface area contributed by atoms with E-state index in [0.29, 0.717) is 5.57 Å². The van der Waals surface area contributed by atoms with E-state index >= 15 is 0 Å². The van der Waals surface area contributed by atoms with E-state index in [4.69, 9.17) is 19.0 Å². The lowest BCUT2D eigenvalue weighted by Gasteiger charge is -2.45. The highest BCUT2D eigenvalue weighted by atomic mass is 28.4. The molecule has 1 aliphatic carbocycles. The number of methoxy groups -OCH3 is 1. The maximum absolute atomic E-state index is 12.4. The third-order valence-electron chi connectivity index (χ3n) is 7.73. The maximum atomic E-state index is 12.4. The highest BCUT2D eigenvalue weighted by Gasteiger charge is 2.75. The molecule has 0 radical (unpaired) electrons. The molecular formula is C27H44O5Si. The fourth-order valence-corrected chi connectivity index (χ4v) is 6.10. The minimum atomic E-state index is -1.88. The Bertz CT molecular complexity index is 858. The Hall–Kier alpha value is -1.47. The minimum absolute atomic E-state index is 0.0166. The first-order valence-corrected chi connectivity index (χ1v) is 14.8. The highest BCUT2D eigenvalue weighted by Crippen LogP contribution is 2.66. The number of fused-ring (bicyclic) bond motifs is 1. The van der Waals surface area contributed by atoms with E-state index in [2.05, 4.69) is 54.6 Å². The average Bonchev–Trinajstić information content (AvgIpc) is 3.28. The Morgan fingerprint density at radius 1 is 1.18 bits per heavy atom. The van der Waals surface area contributed by atoms with Gasteiger partial charge in [0.05, 0.1) is 19.3 Å². The molecule has 0 spiro atoms. The lowest BCUT2D eigenvalue weighted by molar-refractivity contribution is -0.135. The van der Waals surface area contributed by atoms with E-state index in [1.165, 1.54) is 7.11 Å². The molecule has 3 atom stereocenters. The van der Waals surface area contributed by atoms with Gasteiger partial charge in [-0.1, -0.05) is 58.4 Å². The summed E-state index contributed by atoms with van der Waals surface area (Å²) in [4.78, 5) is 12.4. The predicted molar refractivity (Wildman–Crippen MR) is 137 cm³/mol. The molecule has 1 saturated carbocycles. The van der Waals surface area contributed by atoms with Crippen LogP contribution in [0.2, 0.25) is 18.1 Å². The number of carbonyl (C=O) groups is 1. The first-order valence-electron chi connectivity index (χ1n) is 11.9. The van der Waals surface area contributed by atoms with Crippen molar-refractivity contribution in [1.82, 2.24) is 0 Å². The second kappa shape index (κ2) is 9.65. The van der Waals surface area contributed by atoms with Crippen molar-refractivity contribution >= 4 is 14.3 Å². The van der Waals surface area contributed by atoms with Crippen LogP contribution in [-0.4, -0.2) is 50.4 Å². The number of rotatable bonds is 8. The zero-order valence-electron chi connectivity index (χ0n) is 22.2. The molecule has 1 aliphatic heterocycles. The number of allylic oxidation sites excluding steroid dienone is 4. The monoisotopic (exact) mass is 476 g/mol. The number of esters is 1. The number of epoxide rings is 1. The summed E-state index contributed by atoms with van der Waals surface area (Å²) < 4.78 is 18.2. The summed E-state index contributed by atoms with van der Waals surface area (Å²) in [5.41, 5.74) is 0.446. The second-order valence-electron chi connectivity index (χ2n) is 11.8. The molecule has 1 saturated heterocycles. The standard InChI is InChI=1S/C27H44O5Si/c1-20(15-17-28)12-11-13-21(23(29)30-8)14-16-27-25(5,6)18-22(19-26(27,7)32-27)31-33(9,10)24(2,3)4/h11-16,22,28H,17-19H2,1-10H3/b12-11+,16-14+,20-15+,21-13-/t22-,26+,27-/m0/s1. The molecule has 0 amide bonds. The second-order valence-corrected chi connectivity index (χ2v) is 16.6. The van der Waals surface area contributed by atoms with Gasteiger partial charge in [-0.25, -0.2) is 4.79 Å². The lowest BCUT2D eigenvalue weighted by atomic mass is 9.63. The Morgan fingerprint density at radius 3 is 2.33 bits per heavy atom. The van der Waals surface area contributed by atoms with E-state index in [-0.39, 0.29) is 28.8 Å². The summed E-state index contributed by atoms with van der Waals surface area (Å²) in [5, 5.41) is 9.16. The fourth-order valence-electron chi connectivity index (χ4n) is 4.75. The van der Waals surface area contributed by atoms with Crippen LogP contribution in [-0.2, 0) is 18.7 Å². The van der Waals surface area contributed by atoms with Gasteiger partial charge in [-0.3, -0.25) is 0 Å². The first-order chi connectivity index (χ1) is 15.0. The molecule has 2 aliphatic rings. The quantitative estimate of drug-likeness (QED) is 0.156. The minimum Gasteiger partial charge on any atom is -0.465 e. The molecule has 5 nitrogen and oxygen atoms in total. The van der Waals surface area contributed by atoms with E-state index in [0.717, 1.165) is 18.4 Å². The van der Waals surface area contributed by atoms with E-state index in [9.17, 15) is 4.79 Å². The molecular weight excluding hydrogens is 432 g/mol. The van der Waals surface area contributed by atoms with Crippen LogP contribution >= 0.6 is 0 Å². The van der Waals surface area contributed by atoms with Crippen molar-refractivity contribution in [2.75, 3.05) is 13.7 Å². The molecule has 0 aromatic heterocycles. The van der Waals surface area contributed by atoms with Gasteiger partial charge in [0.1, 0.15) is 11.2 Å². The van der Waals surface area contributed by atoms with Crippen molar-refractivity contribution in [3.63, 3.8) is 0 Å². The molecule has 1 N–H and O–H groups in total. The molecule has 0 bridgehead atoms. The van der Waals surface area contributed by atoms with Gasteiger partial charge in [0.25, 0.3) is 0 Å². The van der Waals surface area contributed by atoms with Crippen LogP contribution < -0.4 is 0 Å².